The van der Waals surface area contributed by atoms with E-state index >= 15 is 0 Å². The first-order chi connectivity index (χ1) is 6.16. The quantitative estimate of drug-likeness (QED) is 0.378. The van der Waals surface area contributed by atoms with Crippen LogP contribution in [0.4, 0.5) is 0 Å². The number of carbonyl (C=O) groups is 1. The van der Waals surface area contributed by atoms with Crippen molar-refractivity contribution in [1.82, 2.24) is 5.32 Å². The summed E-state index contributed by atoms with van der Waals surface area (Å²) in [5.41, 5.74) is 0. The maximum absolute atomic E-state index is 10.6. The fourth-order valence-corrected chi connectivity index (χ4v) is 1.21. The Morgan fingerprint density at radius 3 is 2.85 bits per heavy atom. The van der Waals surface area contributed by atoms with Crippen LogP contribution < -0.4 is 5.32 Å². The molecule has 0 fully saturated rings. The molecule has 0 heterocycles. The number of hydrogen-bond acceptors (Lipinski definition) is 4. The average Bonchev–Trinajstić information content (AvgIpc) is 2.10. The number of esters is 1. The Labute approximate surface area is 80.8 Å². The normalized spacial score (nSPS) is 12.8. The van der Waals surface area contributed by atoms with Gasteiger partial charge in [0, 0.05) is 41.6 Å². The van der Waals surface area contributed by atoms with Crippen LogP contribution in [-0.2, 0) is 20.3 Å². The molecule has 1 unspecified atom stereocenters. The van der Waals surface area contributed by atoms with Gasteiger partial charge in [0.2, 0.25) is 0 Å². The Bertz CT molecular complexity index is 204. The lowest BCUT2D eigenvalue weighted by Gasteiger charge is -1.98. The van der Waals surface area contributed by atoms with Gasteiger partial charge in [0.05, 0.1) is 7.11 Å². The maximum Gasteiger partial charge on any atom is 0.331 e. The van der Waals surface area contributed by atoms with Crippen LogP contribution in [0.25, 0.3) is 0 Å². The van der Waals surface area contributed by atoms with Crippen molar-refractivity contribution in [3.05, 3.63) is 12.3 Å². The first-order valence-corrected chi connectivity index (χ1v) is 5.67. The molecule has 4 nitrogen and oxygen atoms in total. The van der Waals surface area contributed by atoms with E-state index in [0.29, 0.717) is 12.3 Å². The molecule has 0 saturated heterocycles. The molecule has 0 amide bonds. The average molecular weight is 205 g/mol. The van der Waals surface area contributed by atoms with E-state index in [-0.39, 0.29) is 5.97 Å². The summed E-state index contributed by atoms with van der Waals surface area (Å²) in [6, 6.07) is 0. The lowest BCUT2D eigenvalue weighted by Crippen LogP contribution is -2.11. The zero-order chi connectivity index (χ0) is 10.1. The lowest BCUT2D eigenvalue weighted by molar-refractivity contribution is -0.134. The van der Waals surface area contributed by atoms with E-state index in [1.807, 2.05) is 0 Å². The standard InChI is InChI=1S/C8H15NO3S/c1-12-8(10)4-6-9-5-3-7-13(2)11/h4,6,9H,3,5,7H2,1-2H3/b6-4+. The maximum atomic E-state index is 10.6. The topological polar surface area (TPSA) is 55.4 Å². The predicted molar refractivity (Wildman–Crippen MR) is 52.7 cm³/mol. The number of nitrogens with one attached hydrogen (secondary N) is 1. The van der Waals surface area contributed by atoms with E-state index in [1.165, 1.54) is 19.4 Å². The van der Waals surface area contributed by atoms with E-state index in [9.17, 15) is 9.00 Å². The molecule has 0 saturated carbocycles. The molecule has 1 N–H and O–H groups in total. The van der Waals surface area contributed by atoms with Gasteiger partial charge in [0.25, 0.3) is 0 Å². The SMILES string of the molecule is COC(=O)/C=C/NCCCS(C)=O. The van der Waals surface area contributed by atoms with Crippen molar-refractivity contribution in [2.45, 2.75) is 6.42 Å². The molecule has 0 aromatic carbocycles. The second kappa shape index (κ2) is 7.79. The summed E-state index contributed by atoms with van der Waals surface area (Å²) in [6.45, 7) is 0.715. The van der Waals surface area contributed by atoms with Gasteiger partial charge in [-0.3, -0.25) is 4.21 Å². The van der Waals surface area contributed by atoms with Crippen LogP contribution in [0.1, 0.15) is 6.42 Å². The minimum absolute atomic E-state index is 0.383. The van der Waals surface area contributed by atoms with Crippen LogP contribution in [0, 0.1) is 0 Å². The third kappa shape index (κ3) is 9.07. The van der Waals surface area contributed by atoms with Crippen LogP contribution in [-0.4, -0.2) is 35.8 Å². The van der Waals surface area contributed by atoms with Gasteiger partial charge in [-0.25, -0.2) is 4.79 Å². The van der Waals surface area contributed by atoms with Crippen molar-refractivity contribution in [2.24, 2.45) is 0 Å². The second-order valence-corrected chi connectivity index (χ2v) is 4.00. The summed E-state index contributed by atoms with van der Waals surface area (Å²) in [5, 5.41) is 2.89. The molecule has 0 radical (unpaired) electrons. The molecule has 0 spiro atoms. The summed E-state index contributed by atoms with van der Waals surface area (Å²) in [4.78, 5) is 10.6. The summed E-state index contributed by atoms with van der Waals surface area (Å²) < 4.78 is 15.0. The smallest absolute Gasteiger partial charge is 0.331 e. The van der Waals surface area contributed by atoms with Crippen molar-refractivity contribution in [1.29, 1.82) is 0 Å². The summed E-state index contributed by atoms with van der Waals surface area (Å²) in [6.07, 6.45) is 5.34. The fraction of sp³-hybridized carbons (Fsp3) is 0.625. The highest BCUT2D eigenvalue weighted by Gasteiger charge is 1.90. The molecule has 0 aliphatic rings. The minimum atomic E-state index is -0.737. The number of ether oxygens (including phenoxy) is 1. The molecule has 5 heteroatoms. The van der Waals surface area contributed by atoms with Gasteiger partial charge in [-0.1, -0.05) is 0 Å². The van der Waals surface area contributed by atoms with Crippen LogP contribution in [0.5, 0.6) is 0 Å². The van der Waals surface area contributed by atoms with Crippen molar-refractivity contribution in [3.63, 3.8) is 0 Å². The van der Waals surface area contributed by atoms with E-state index in [2.05, 4.69) is 10.1 Å². The van der Waals surface area contributed by atoms with Crippen LogP contribution >= 0.6 is 0 Å². The van der Waals surface area contributed by atoms with Gasteiger partial charge < -0.3 is 10.1 Å². The van der Waals surface area contributed by atoms with Crippen molar-refractivity contribution in [3.8, 4) is 0 Å². The Balaban J connectivity index is 3.30. The zero-order valence-corrected chi connectivity index (χ0v) is 8.73. The van der Waals surface area contributed by atoms with Crippen molar-refractivity contribution < 1.29 is 13.7 Å². The van der Waals surface area contributed by atoms with Crippen molar-refractivity contribution in [2.75, 3.05) is 25.7 Å². The first-order valence-electron chi connectivity index (χ1n) is 3.94. The van der Waals surface area contributed by atoms with E-state index in [0.717, 1.165) is 6.42 Å². The largest absolute Gasteiger partial charge is 0.466 e. The van der Waals surface area contributed by atoms with Gasteiger partial charge in [0.1, 0.15) is 0 Å². The molecule has 1 atom stereocenters. The number of methoxy groups -OCH3 is 1. The van der Waals surface area contributed by atoms with E-state index < -0.39 is 10.8 Å². The van der Waals surface area contributed by atoms with Crippen molar-refractivity contribution >= 4 is 16.8 Å². The molecule has 76 valence electrons. The summed E-state index contributed by atoms with van der Waals surface area (Å²) in [5.74, 6) is 0.297. The monoisotopic (exact) mass is 205 g/mol. The van der Waals surface area contributed by atoms with E-state index in [1.54, 1.807) is 6.26 Å². The van der Waals surface area contributed by atoms with E-state index in [4.69, 9.17) is 0 Å². The lowest BCUT2D eigenvalue weighted by atomic mass is 10.5. The Hall–Kier alpha value is -0.840. The Morgan fingerprint density at radius 2 is 2.31 bits per heavy atom. The van der Waals surface area contributed by atoms with Crippen LogP contribution in [0.15, 0.2) is 12.3 Å². The molecule has 0 rings (SSSR count). The number of hydrogen-bond donors (Lipinski definition) is 1. The molecular weight excluding hydrogens is 190 g/mol. The zero-order valence-electron chi connectivity index (χ0n) is 7.91. The van der Waals surface area contributed by atoms with Gasteiger partial charge in [-0.15, -0.1) is 0 Å². The number of rotatable bonds is 6. The van der Waals surface area contributed by atoms with Crippen LogP contribution in [0.3, 0.4) is 0 Å². The molecule has 0 bridgehead atoms. The predicted octanol–water partition coefficient (Wildman–Crippen LogP) is 0.0313. The Morgan fingerprint density at radius 1 is 1.62 bits per heavy atom. The third-order valence-corrected chi connectivity index (χ3v) is 2.15. The molecule has 0 aliphatic carbocycles. The number of carbonyl (C=O) groups excluding carboxylic acids is 1. The second-order valence-electron chi connectivity index (χ2n) is 2.44. The summed E-state index contributed by atoms with van der Waals surface area (Å²) >= 11 is 0. The molecule has 0 aliphatic heterocycles. The third-order valence-electron chi connectivity index (χ3n) is 1.29. The summed E-state index contributed by atoms with van der Waals surface area (Å²) in [7, 11) is 0.589. The molecule has 13 heavy (non-hydrogen) atoms. The van der Waals surface area contributed by atoms with Gasteiger partial charge in [0.15, 0.2) is 0 Å². The Kier molecular flexibility index (Phi) is 7.29. The fourth-order valence-electron chi connectivity index (χ4n) is 0.656. The minimum Gasteiger partial charge on any atom is -0.466 e. The van der Waals surface area contributed by atoms with Gasteiger partial charge in [-0.2, -0.15) is 0 Å². The molecular formula is C8H15NO3S. The molecule has 0 aromatic heterocycles. The van der Waals surface area contributed by atoms with Gasteiger partial charge in [-0.05, 0) is 6.42 Å². The first kappa shape index (κ1) is 12.2. The molecule has 0 aromatic rings. The highest BCUT2D eigenvalue weighted by Crippen LogP contribution is 1.82. The van der Waals surface area contributed by atoms with Gasteiger partial charge >= 0.3 is 5.97 Å². The highest BCUT2D eigenvalue weighted by molar-refractivity contribution is 7.84. The van der Waals surface area contributed by atoms with Crippen LogP contribution in [0.2, 0.25) is 0 Å². The highest BCUT2D eigenvalue weighted by atomic mass is 32.2.